The third kappa shape index (κ3) is 3.10. The molecule has 88 valence electrons. The van der Waals surface area contributed by atoms with Crippen LogP contribution in [0.1, 0.15) is 13.3 Å². The summed E-state index contributed by atoms with van der Waals surface area (Å²) in [7, 11) is 0. The Bertz CT molecular complexity index is 450. The van der Waals surface area contributed by atoms with Crippen LogP contribution in [0, 0.1) is 0 Å². The minimum atomic E-state index is 1.03. The largest absolute Gasteiger partial charge is 0.342 e. The Balaban J connectivity index is 2.32. The molecule has 0 spiro atoms. The van der Waals surface area contributed by atoms with Crippen LogP contribution in [0.25, 0.3) is 0 Å². The van der Waals surface area contributed by atoms with Crippen molar-refractivity contribution in [3.63, 3.8) is 0 Å². The first kappa shape index (κ1) is 12.2. The van der Waals surface area contributed by atoms with Gasteiger partial charge in [0.25, 0.3) is 0 Å². The molecule has 0 N–H and O–H groups in total. The number of nitrogens with zero attached hydrogens (tertiary/aromatic N) is 1. The summed E-state index contributed by atoms with van der Waals surface area (Å²) in [6, 6.07) is 19.0. The number of para-hydroxylation sites is 1. The molecule has 0 heterocycles. The van der Waals surface area contributed by atoms with Crippen LogP contribution in [0.3, 0.4) is 0 Å². The molecule has 2 aromatic carbocycles. The molecular weight excluding hydrogens is 274 g/mol. The van der Waals surface area contributed by atoms with Gasteiger partial charge in [0.05, 0.1) is 0 Å². The molecule has 0 aliphatic heterocycles. The highest BCUT2D eigenvalue weighted by Gasteiger charge is 2.07. The van der Waals surface area contributed by atoms with Crippen LogP contribution in [-0.4, -0.2) is 6.54 Å². The summed E-state index contributed by atoms with van der Waals surface area (Å²) in [5.41, 5.74) is 2.48. The van der Waals surface area contributed by atoms with Gasteiger partial charge in [-0.2, -0.15) is 0 Å². The van der Waals surface area contributed by atoms with Crippen molar-refractivity contribution >= 4 is 27.3 Å². The normalized spacial score (nSPS) is 10.2. The molecule has 0 fully saturated rings. The summed E-state index contributed by atoms with van der Waals surface area (Å²) in [6.45, 7) is 3.24. The molecular formula is C15H16BrN. The zero-order valence-electron chi connectivity index (χ0n) is 9.94. The van der Waals surface area contributed by atoms with E-state index in [0.717, 1.165) is 17.4 Å². The fourth-order valence-electron chi connectivity index (χ4n) is 1.86. The minimum Gasteiger partial charge on any atom is -0.342 e. The fraction of sp³-hybridized carbons (Fsp3) is 0.200. The predicted molar refractivity (Wildman–Crippen MR) is 77.9 cm³/mol. The van der Waals surface area contributed by atoms with Crippen LogP contribution in [0.15, 0.2) is 59.1 Å². The molecule has 0 unspecified atom stereocenters. The third-order valence-electron chi connectivity index (χ3n) is 2.65. The van der Waals surface area contributed by atoms with Gasteiger partial charge >= 0.3 is 0 Å². The molecule has 0 aromatic heterocycles. The van der Waals surface area contributed by atoms with Gasteiger partial charge in [0.2, 0.25) is 0 Å². The fourth-order valence-corrected chi connectivity index (χ4v) is 2.12. The van der Waals surface area contributed by atoms with Crippen LogP contribution in [0.2, 0.25) is 0 Å². The van der Waals surface area contributed by atoms with Crippen molar-refractivity contribution < 1.29 is 0 Å². The maximum absolute atomic E-state index is 3.47. The Labute approximate surface area is 111 Å². The van der Waals surface area contributed by atoms with Crippen LogP contribution in [0.5, 0.6) is 0 Å². The van der Waals surface area contributed by atoms with E-state index in [0.29, 0.717) is 0 Å². The van der Waals surface area contributed by atoms with Crippen LogP contribution in [-0.2, 0) is 0 Å². The van der Waals surface area contributed by atoms with E-state index in [2.05, 4.69) is 82.4 Å². The van der Waals surface area contributed by atoms with E-state index in [4.69, 9.17) is 0 Å². The van der Waals surface area contributed by atoms with Crippen molar-refractivity contribution in [3.8, 4) is 0 Å². The maximum atomic E-state index is 3.47. The van der Waals surface area contributed by atoms with Gasteiger partial charge in [-0.05, 0) is 42.8 Å². The summed E-state index contributed by atoms with van der Waals surface area (Å²) in [4.78, 5) is 2.34. The number of anilines is 2. The quantitative estimate of drug-likeness (QED) is 0.766. The van der Waals surface area contributed by atoms with Gasteiger partial charge in [-0.25, -0.2) is 0 Å². The van der Waals surface area contributed by atoms with Crippen molar-refractivity contribution in [3.05, 3.63) is 59.1 Å². The van der Waals surface area contributed by atoms with Gasteiger partial charge in [-0.15, -0.1) is 0 Å². The molecule has 2 rings (SSSR count). The summed E-state index contributed by atoms with van der Waals surface area (Å²) in [5, 5.41) is 0. The van der Waals surface area contributed by atoms with Gasteiger partial charge in [0.15, 0.2) is 0 Å². The van der Waals surface area contributed by atoms with E-state index in [9.17, 15) is 0 Å². The number of hydrogen-bond donors (Lipinski definition) is 0. The molecule has 0 amide bonds. The lowest BCUT2D eigenvalue weighted by Gasteiger charge is -2.24. The van der Waals surface area contributed by atoms with E-state index in [-0.39, 0.29) is 0 Å². The van der Waals surface area contributed by atoms with Gasteiger partial charge in [0.1, 0.15) is 0 Å². The summed E-state index contributed by atoms with van der Waals surface area (Å²) >= 11 is 3.47. The lowest BCUT2D eigenvalue weighted by Crippen LogP contribution is -2.17. The third-order valence-corrected chi connectivity index (χ3v) is 3.18. The highest BCUT2D eigenvalue weighted by atomic mass is 79.9. The first-order valence-electron chi connectivity index (χ1n) is 5.89. The SMILES string of the molecule is CCCN(c1ccccc1)c1ccc(Br)cc1. The first-order chi connectivity index (χ1) is 8.31. The van der Waals surface area contributed by atoms with Gasteiger partial charge in [-0.3, -0.25) is 0 Å². The predicted octanol–water partition coefficient (Wildman–Crippen LogP) is 5.00. The number of benzene rings is 2. The Kier molecular flexibility index (Phi) is 4.21. The molecule has 0 bridgehead atoms. The highest BCUT2D eigenvalue weighted by molar-refractivity contribution is 9.10. The average molecular weight is 290 g/mol. The van der Waals surface area contributed by atoms with E-state index in [1.54, 1.807) is 0 Å². The molecule has 0 radical (unpaired) electrons. The molecule has 0 aliphatic carbocycles. The molecule has 1 nitrogen and oxygen atoms in total. The Morgan fingerprint density at radius 2 is 1.47 bits per heavy atom. The zero-order valence-corrected chi connectivity index (χ0v) is 11.5. The highest BCUT2D eigenvalue weighted by Crippen LogP contribution is 2.26. The van der Waals surface area contributed by atoms with Crippen LogP contribution in [0.4, 0.5) is 11.4 Å². The number of hydrogen-bond acceptors (Lipinski definition) is 1. The summed E-state index contributed by atoms with van der Waals surface area (Å²) in [6.07, 6.45) is 1.13. The molecule has 2 heteroatoms. The van der Waals surface area contributed by atoms with Crippen molar-refractivity contribution in [2.24, 2.45) is 0 Å². The Morgan fingerprint density at radius 1 is 0.882 bits per heavy atom. The molecule has 0 saturated heterocycles. The molecule has 0 atom stereocenters. The number of rotatable bonds is 4. The smallest absolute Gasteiger partial charge is 0.0411 e. The Morgan fingerprint density at radius 3 is 2.06 bits per heavy atom. The van der Waals surface area contributed by atoms with E-state index >= 15 is 0 Å². The van der Waals surface area contributed by atoms with Crippen LogP contribution >= 0.6 is 15.9 Å². The summed E-state index contributed by atoms with van der Waals surface area (Å²) in [5.74, 6) is 0. The summed E-state index contributed by atoms with van der Waals surface area (Å²) < 4.78 is 1.12. The van der Waals surface area contributed by atoms with Gasteiger partial charge < -0.3 is 4.90 Å². The monoisotopic (exact) mass is 289 g/mol. The van der Waals surface area contributed by atoms with Crippen LogP contribution < -0.4 is 4.90 Å². The minimum absolute atomic E-state index is 1.03. The molecule has 0 aliphatic rings. The van der Waals surface area contributed by atoms with Crippen molar-refractivity contribution in [2.75, 3.05) is 11.4 Å². The van der Waals surface area contributed by atoms with Gasteiger partial charge in [0, 0.05) is 22.4 Å². The van der Waals surface area contributed by atoms with Crippen molar-refractivity contribution in [1.82, 2.24) is 0 Å². The second-order valence-corrected chi connectivity index (χ2v) is 4.88. The van der Waals surface area contributed by atoms with Gasteiger partial charge in [-0.1, -0.05) is 41.1 Å². The molecule has 2 aromatic rings. The lowest BCUT2D eigenvalue weighted by atomic mass is 10.2. The lowest BCUT2D eigenvalue weighted by molar-refractivity contribution is 0.885. The van der Waals surface area contributed by atoms with E-state index < -0.39 is 0 Å². The van der Waals surface area contributed by atoms with Crippen molar-refractivity contribution in [2.45, 2.75) is 13.3 Å². The second-order valence-electron chi connectivity index (χ2n) is 3.96. The second kappa shape index (κ2) is 5.87. The van der Waals surface area contributed by atoms with Crippen molar-refractivity contribution in [1.29, 1.82) is 0 Å². The Hall–Kier alpha value is -1.28. The average Bonchev–Trinajstić information content (AvgIpc) is 2.38. The standard InChI is InChI=1S/C15H16BrN/c1-2-12-17(14-6-4-3-5-7-14)15-10-8-13(16)9-11-15/h3-11H,2,12H2,1H3. The number of halogens is 1. The molecule has 0 saturated carbocycles. The topological polar surface area (TPSA) is 3.24 Å². The first-order valence-corrected chi connectivity index (χ1v) is 6.68. The van der Waals surface area contributed by atoms with E-state index in [1.165, 1.54) is 11.4 Å². The van der Waals surface area contributed by atoms with E-state index in [1.807, 2.05) is 0 Å². The maximum Gasteiger partial charge on any atom is 0.0411 e. The zero-order chi connectivity index (χ0) is 12.1. The molecule has 17 heavy (non-hydrogen) atoms.